The van der Waals surface area contributed by atoms with E-state index in [-0.39, 0.29) is 23.3 Å². The Kier molecular flexibility index (Phi) is 5.36. The second-order valence-corrected chi connectivity index (χ2v) is 11.8. The summed E-state index contributed by atoms with van der Waals surface area (Å²) in [5.74, 6) is 0.265. The Morgan fingerprint density at radius 1 is 1.00 bits per heavy atom. The molecule has 30 heavy (non-hydrogen) atoms. The summed E-state index contributed by atoms with van der Waals surface area (Å²) >= 11 is 0. The number of hydrogen-bond donors (Lipinski definition) is 0. The second kappa shape index (κ2) is 7.46. The topological polar surface area (TPSA) is 60.9 Å². The number of hydrogen-bond acceptors (Lipinski definition) is 4. The van der Waals surface area contributed by atoms with Gasteiger partial charge in [0.05, 0.1) is 23.5 Å². The lowest BCUT2D eigenvalue weighted by Crippen LogP contribution is -2.53. The van der Waals surface area contributed by atoms with Gasteiger partial charge in [0.25, 0.3) is 0 Å². The Hall–Kier alpha value is -1.70. The fourth-order valence-corrected chi connectivity index (χ4v) is 6.72. The summed E-state index contributed by atoms with van der Waals surface area (Å²) in [6.07, 6.45) is 5.04. The number of piperazine rings is 1. The van der Waals surface area contributed by atoms with Crippen LogP contribution in [0.15, 0.2) is 29.2 Å². The zero-order chi connectivity index (χ0) is 21.8. The standard InChI is InChI=1S/C23H33N3O3S/c1-16-12-19(23(3,4)5)13-17(2)21(16)30(28,29)25-10-8-24(9-11-25)15-26-20-7-6-18(14-20)22(26)27/h6-7,12-13,18,20H,8-11,14-15H2,1-5H3. The van der Waals surface area contributed by atoms with Gasteiger partial charge in [-0.1, -0.05) is 45.1 Å². The summed E-state index contributed by atoms with van der Waals surface area (Å²) in [4.78, 5) is 16.9. The first kappa shape index (κ1) is 21.5. The van der Waals surface area contributed by atoms with Crippen LogP contribution in [0.25, 0.3) is 0 Å². The predicted molar refractivity (Wildman–Crippen MR) is 118 cm³/mol. The van der Waals surface area contributed by atoms with Crippen molar-refractivity contribution in [3.63, 3.8) is 0 Å². The molecular formula is C23H33N3O3S. The van der Waals surface area contributed by atoms with Gasteiger partial charge in [0.1, 0.15) is 0 Å². The third-order valence-corrected chi connectivity index (χ3v) is 8.87. The van der Waals surface area contributed by atoms with Crippen molar-refractivity contribution >= 4 is 15.9 Å². The average Bonchev–Trinajstić information content (AvgIpc) is 3.24. The molecule has 1 amide bonds. The van der Waals surface area contributed by atoms with E-state index in [0.29, 0.717) is 37.7 Å². The molecule has 1 aliphatic carbocycles. The van der Waals surface area contributed by atoms with Crippen LogP contribution in [-0.2, 0) is 20.2 Å². The Balaban J connectivity index is 1.45. The van der Waals surface area contributed by atoms with Crippen LogP contribution in [0.3, 0.4) is 0 Å². The SMILES string of the molecule is Cc1cc(C(C)(C)C)cc(C)c1S(=O)(=O)N1CCN(CN2C(=O)C3C=CC2C3)CC1. The molecule has 6 nitrogen and oxygen atoms in total. The number of nitrogens with zero attached hydrogens (tertiary/aromatic N) is 3. The third-order valence-electron chi connectivity index (χ3n) is 6.67. The number of rotatable bonds is 4. The molecule has 2 saturated heterocycles. The Labute approximate surface area is 180 Å². The molecular weight excluding hydrogens is 398 g/mol. The largest absolute Gasteiger partial charge is 0.323 e. The molecule has 1 aromatic rings. The molecule has 2 aliphatic heterocycles. The normalized spacial score (nSPS) is 25.5. The van der Waals surface area contributed by atoms with Gasteiger partial charge in [-0.15, -0.1) is 0 Å². The number of aryl methyl sites for hydroxylation is 2. The summed E-state index contributed by atoms with van der Waals surface area (Å²) < 4.78 is 28.5. The van der Waals surface area contributed by atoms with Gasteiger partial charge in [-0.2, -0.15) is 4.31 Å². The van der Waals surface area contributed by atoms with Gasteiger partial charge in [-0.25, -0.2) is 8.42 Å². The summed E-state index contributed by atoms with van der Waals surface area (Å²) in [6, 6.07) is 4.24. The minimum atomic E-state index is -3.54. The van der Waals surface area contributed by atoms with E-state index >= 15 is 0 Å². The number of carbonyl (C=O) groups is 1. The smallest absolute Gasteiger partial charge is 0.243 e. The van der Waals surface area contributed by atoms with E-state index in [1.54, 1.807) is 4.31 Å². The van der Waals surface area contributed by atoms with Crippen molar-refractivity contribution in [3.05, 3.63) is 41.0 Å². The van der Waals surface area contributed by atoms with Crippen LogP contribution >= 0.6 is 0 Å². The summed E-state index contributed by atoms with van der Waals surface area (Å²) in [6.45, 7) is 13.0. The van der Waals surface area contributed by atoms with E-state index in [0.717, 1.165) is 23.1 Å². The molecule has 0 N–H and O–H groups in total. The molecule has 0 aromatic heterocycles. The highest BCUT2D eigenvalue weighted by Gasteiger charge is 2.42. The zero-order valence-corrected chi connectivity index (χ0v) is 19.5. The fourth-order valence-electron chi connectivity index (χ4n) is 4.89. The van der Waals surface area contributed by atoms with Crippen LogP contribution in [-0.4, -0.2) is 67.3 Å². The van der Waals surface area contributed by atoms with Gasteiger partial charge in [0.15, 0.2) is 0 Å². The van der Waals surface area contributed by atoms with E-state index in [2.05, 4.69) is 31.7 Å². The average molecular weight is 432 g/mol. The van der Waals surface area contributed by atoms with Crippen molar-refractivity contribution in [2.75, 3.05) is 32.8 Å². The number of benzene rings is 1. The van der Waals surface area contributed by atoms with Gasteiger partial charge in [-0.3, -0.25) is 9.69 Å². The number of likely N-dealkylation sites (tertiary alicyclic amines) is 1. The van der Waals surface area contributed by atoms with Crippen LogP contribution in [0.1, 0.15) is 43.9 Å². The first-order valence-corrected chi connectivity index (χ1v) is 12.3. The molecule has 2 heterocycles. The lowest BCUT2D eigenvalue weighted by atomic mass is 9.85. The van der Waals surface area contributed by atoms with Crippen molar-refractivity contribution in [2.24, 2.45) is 5.92 Å². The molecule has 2 fully saturated rings. The fraction of sp³-hybridized carbons (Fsp3) is 0.609. The maximum absolute atomic E-state index is 13.4. The Bertz CT molecular complexity index is 962. The highest BCUT2D eigenvalue weighted by molar-refractivity contribution is 7.89. The van der Waals surface area contributed by atoms with Crippen molar-refractivity contribution in [2.45, 2.75) is 57.4 Å². The Morgan fingerprint density at radius 2 is 1.60 bits per heavy atom. The van der Waals surface area contributed by atoms with Crippen LogP contribution in [0.4, 0.5) is 0 Å². The number of carbonyl (C=O) groups excluding carboxylic acids is 1. The molecule has 3 aliphatic rings. The van der Waals surface area contributed by atoms with Crippen LogP contribution in [0.2, 0.25) is 0 Å². The van der Waals surface area contributed by atoms with E-state index in [1.807, 2.05) is 37.0 Å². The lowest BCUT2D eigenvalue weighted by molar-refractivity contribution is -0.133. The maximum atomic E-state index is 13.4. The first-order valence-electron chi connectivity index (χ1n) is 10.8. The molecule has 0 radical (unpaired) electrons. The van der Waals surface area contributed by atoms with Crippen molar-refractivity contribution in [3.8, 4) is 0 Å². The van der Waals surface area contributed by atoms with E-state index < -0.39 is 10.0 Å². The van der Waals surface area contributed by atoms with Crippen molar-refractivity contribution < 1.29 is 13.2 Å². The second-order valence-electron chi connectivity index (χ2n) is 9.96. The van der Waals surface area contributed by atoms with Crippen molar-refractivity contribution in [1.82, 2.24) is 14.1 Å². The third kappa shape index (κ3) is 3.72. The molecule has 164 valence electrons. The summed E-state index contributed by atoms with van der Waals surface area (Å²) in [5.41, 5.74) is 2.76. The van der Waals surface area contributed by atoms with E-state index in [9.17, 15) is 13.2 Å². The van der Waals surface area contributed by atoms with E-state index in [4.69, 9.17) is 0 Å². The van der Waals surface area contributed by atoms with E-state index in [1.165, 1.54) is 0 Å². The molecule has 7 heteroatoms. The molecule has 1 aromatic carbocycles. The zero-order valence-electron chi connectivity index (χ0n) is 18.7. The number of fused-ring (bicyclic) bond motifs is 2. The van der Waals surface area contributed by atoms with Crippen LogP contribution in [0.5, 0.6) is 0 Å². The summed E-state index contributed by atoms with van der Waals surface area (Å²) in [7, 11) is -3.54. The first-order chi connectivity index (χ1) is 14.0. The number of sulfonamides is 1. The molecule has 2 unspecified atom stereocenters. The van der Waals surface area contributed by atoms with Crippen LogP contribution < -0.4 is 0 Å². The number of amides is 1. The minimum Gasteiger partial charge on any atom is -0.323 e. The van der Waals surface area contributed by atoms with Gasteiger partial charge in [0.2, 0.25) is 15.9 Å². The van der Waals surface area contributed by atoms with Crippen molar-refractivity contribution in [1.29, 1.82) is 0 Å². The highest BCUT2D eigenvalue weighted by Crippen LogP contribution is 2.33. The van der Waals surface area contributed by atoms with Crippen LogP contribution in [0, 0.1) is 19.8 Å². The Morgan fingerprint density at radius 3 is 2.10 bits per heavy atom. The maximum Gasteiger partial charge on any atom is 0.243 e. The molecule has 0 spiro atoms. The highest BCUT2D eigenvalue weighted by atomic mass is 32.2. The molecule has 2 atom stereocenters. The monoisotopic (exact) mass is 431 g/mol. The summed E-state index contributed by atoms with van der Waals surface area (Å²) in [5, 5.41) is 0. The lowest BCUT2D eigenvalue weighted by Gasteiger charge is -2.38. The quantitative estimate of drug-likeness (QED) is 0.688. The van der Waals surface area contributed by atoms with Gasteiger partial charge >= 0.3 is 0 Å². The molecule has 0 saturated carbocycles. The van der Waals surface area contributed by atoms with Gasteiger partial charge < -0.3 is 4.90 Å². The van der Waals surface area contributed by atoms with Gasteiger partial charge in [-0.05, 0) is 42.4 Å². The molecule has 2 bridgehead atoms. The minimum absolute atomic E-state index is 0.0227. The molecule has 4 rings (SSSR count). The van der Waals surface area contributed by atoms with Gasteiger partial charge in [0, 0.05) is 26.2 Å². The predicted octanol–water partition coefficient (Wildman–Crippen LogP) is 2.65.